The van der Waals surface area contributed by atoms with Crippen molar-refractivity contribution in [1.82, 2.24) is 4.98 Å². The van der Waals surface area contributed by atoms with E-state index in [1.807, 2.05) is 22.6 Å². The van der Waals surface area contributed by atoms with Crippen LogP contribution in [0.5, 0.6) is 0 Å². The molecule has 5 nitrogen and oxygen atoms in total. The van der Waals surface area contributed by atoms with Gasteiger partial charge in [-0.15, -0.1) is 0 Å². The molecule has 2 rings (SSSR count). The minimum Gasteiger partial charge on any atom is -0.377 e. The van der Waals surface area contributed by atoms with Crippen LogP contribution in [-0.4, -0.2) is 16.7 Å². The molecule has 110 valence electrons. The van der Waals surface area contributed by atoms with Crippen LogP contribution in [0.2, 0.25) is 0 Å². The van der Waals surface area contributed by atoms with Gasteiger partial charge >= 0.3 is 0 Å². The number of amides is 1. The van der Waals surface area contributed by atoms with Gasteiger partial charge in [-0.05, 0) is 46.9 Å². The number of rotatable bonds is 5. The molecule has 21 heavy (non-hydrogen) atoms. The third-order valence-corrected chi connectivity index (χ3v) is 3.60. The van der Waals surface area contributed by atoms with Crippen LogP contribution in [0.3, 0.4) is 0 Å². The number of aromatic nitrogens is 1. The van der Waals surface area contributed by atoms with Gasteiger partial charge in [-0.25, -0.2) is 4.39 Å². The summed E-state index contributed by atoms with van der Waals surface area (Å²) in [7, 11) is 0. The molecule has 0 aliphatic heterocycles. The van der Waals surface area contributed by atoms with Crippen molar-refractivity contribution in [3.8, 4) is 0 Å². The topological polar surface area (TPSA) is 88.0 Å². The number of Topliss-reactive ketones (excluding diaryl/α,β-unsaturated/α-hetero) is 1. The molecule has 0 saturated heterocycles. The van der Waals surface area contributed by atoms with Crippen molar-refractivity contribution in [3.63, 3.8) is 0 Å². The Morgan fingerprint density at radius 1 is 1.38 bits per heavy atom. The van der Waals surface area contributed by atoms with Gasteiger partial charge in [-0.1, -0.05) is 0 Å². The highest BCUT2D eigenvalue weighted by molar-refractivity contribution is 14.1. The van der Waals surface area contributed by atoms with Crippen LogP contribution in [0, 0.1) is 9.39 Å². The van der Waals surface area contributed by atoms with E-state index in [2.05, 4.69) is 10.3 Å². The summed E-state index contributed by atoms with van der Waals surface area (Å²) in [6.07, 6.45) is 0. The van der Waals surface area contributed by atoms with E-state index in [9.17, 15) is 14.0 Å². The highest BCUT2D eigenvalue weighted by Gasteiger charge is 2.15. The van der Waals surface area contributed by atoms with Crippen LogP contribution in [0.1, 0.15) is 33.5 Å². The number of halogens is 2. The van der Waals surface area contributed by atoms with Gasteiger partial charge in [0.05, 0.1) is 23.5 Å². The van der Waals surface area contributed by atoms with Gasteiger partial charge in [0.1, 0.15) is 5.82 Å². The van der Waals surface area contributed by atoms with E-state index in [0.29, 0.717) is 17.1 Å². The molecule has 0 fully saturated rings. The maximum Gasteiger partial charge on any atom is 0.250 e. The maximum absolute atomic E-state index is 13.7. The number of ketones is 1. The van der Waals surface area contributed by atoms with Crippen LogP contribution in [0.15, 0.2) is 24.3 Å². The summed E-state index contributed by atoms with van der Waals surface area (Å²) in [5, 5.41) is 2.88. The molecule has 2 aromatic rings. The number of H-pyrrole nitrogens is 1. The largest absolute Gasteiger partial charge is 0.377 e. The molecule has 0 radical (unpaired) electrons. The Bertz CT molecular complexity index is 712. The Labute approximate surface area is 134 Å². The van der Waals surface area contributed by atoms with Crippen molar-refractivity contribution >= 4 is 40.0 Å². The molecule has 0 bridgehead atoms. The van der Waals surface area contributed by atoms with Crippen molar-refractivity contribution in [1.29, 1.82) is 0 Å². The molecule has 4 N–H and O–H groups in total. The first-order valence-corrected chi connectivity index (χ1v) is 7.18. The Morgan fingerprint density at radius 3 is 2.67 bits per heavy atom. The lowest BCUT2D eigenvalue weighted by molar-refractivity contribution is 0.0997. The summed E-state index contributed by atoms with van der Waals surface area (Å²) in [6.45, 7) is 1.54. The van der Waals surface area contributed by atoms with Crippen molar-refractivity contribution in [2.24, 2.45) is 5.73 Å². The number of carbonyl (C=O) groups is 2. The molecular formula is C14H13FIN3O2. The second kappa shape index (κ2) is 6.25. The number of nitrogens with two attached hydrogens (primary N) is 1. The van der Waals surface area contributed by atoms with E-state index in [1.165, 1.54) is 19.1 Å². The average molecular weight is 401 g/mol. The van der Waals surface area contributed by atoms with Gasteiger partial charge in [0.25, 0.3) is 5.91 Å². The van der Waals surface area contributed by atoms with Crippen molar-refractivity contribution < 1.29 is 14.0 Å². The molecule has 1 amide bonds. The SMILES string of the molecule is CC(=O)c1cc(C(N)=O)c(CNc2ccc(I)cc2F)[nH]1. The van der Waals surface area contributed by atoms with Crippen LogP contribution in [0.25, 0.3) is 0 Å². The summed E-state index contributed by atoms with van der Waals surface area (Å²) in [4.78, 5) is 25.5. The first-order valence-electron chi connectivity index (χ1n) is 6.10. The zero-order valence-electron chi connectivity index (χ0n) is 11.2. The average Bonchev–Trinajstić information content (AvgIpc) is 2.82. The Hall–Kier alpha value is -1.90. The van der Waals surface area contributed by atoms with Crippen molar-refractivity contribution in [2.45, 2.75) is 13.5 Å². The van der Waals surface area contributed by atoms with Crippen molar-refractivity contribution in [2.75, 3.05) is 5.32 Å². The lowest BCUT2D eigenvalue weighted by Gasteiger charge is -2.08. The molecule has 0 aliphatic carbocycles. The number of aromatic amines is 1. The molecule has 0 aliphatic rings. The number of hydrogen-bond donors (Lipinski definition) is 3. The quantitative estimate of drug-likeness (QED) is 0.532. The van der Waals surface area contributed by atoms with E-state index >= 15 is 0 Å². The molecule has 0 saturated carbocycles. The summed E-state index contributed by atoms with van der Waals surface area (Å²) in [6, 6.07) is 6.17. The smallest absolute Gasteiger partial charge is 0.250 e. The van der Waals surface area contributed by atoms with Gasteiger partial charge in [0.2, 0.25) is 0 Å². The molecule has 1 aromatic carbocycles. The monoisotopic (exact) mass is 401 g/mol. The molecule has 1 heterocycles. The predicted octanol–water partition coefficient (Wildman–Crippen LogP) is 2.67. The van der Waals surface area contributed by atoms with Gasteiger partial charge in [-0.2, -0.15) is 0 Å². The zero-order chi connectivity index (χ0) is 15.6. The fourth-order valence-electron chi connectivity index (χ4n) is 1.86. The number of carbonyl (C=O) groups excluding carboxylic acids is 2. The highest BCUT2D eigenvalue weighted by atomic mass is 127. The van der Waals surface area contributed by atoms with E-state index in [-0.39, 0.29) is 23.7 Å². The normalized spacial score (nSPS) is 10.4. The van der Waals surface area contributed by atoms with Gasteiger partial charge in [0.15, 0.2) is 5.78 Å². The number of nitrogens with one attached hydrogen (secondary N) is 2. The highest BCUT2D eigenvalue weighted by Crippen LogP contribution is 2.19. The first kappa shape index (κ1) is 15.5. The fraction of sp³-hybridized carbons (Fsp3) is 0.143. The minimum atomic E-state index is -0.640. The number of hydrogen-bond acceptors (Lipinski definition) is 3. The van der Waals surface area contributed by atoms with Crippen molar-refractivity contribution in [3.05, 3.63) is 50.6 Å². The molecule has 0 spiro atoms. The van der Waals surface area contributed by atoms with Crippen LogP contribution in [-0.2, 0) is 6.54 Å². The second-order valence-corrected chi connectivity index (χ2v) is 5.72. The number of anilines is 1. The lowest BCUT2D eigenvalue weighted by Crippen LogP contribution is -2.14. The molecule has 7 heteroatoms. The Kier molecular flexibility index (Phi) is 4.61. The lowest BCUT2D eigenvalue weighted by atomic mass is 10.2. The van der Waals surface area contributed by atoms with Crippen LogP contribution < -0.4 is 11.1 Å². The number of benzene rings is 1. The van der Waals surface area contributed by atoms with Gasteiger partial charge in [0, 0.05) is 16.2 Å². The van der Waals surface area contributed by atoms with Crippen LogP contribution >= 0.6 is 22.6 Å². The summed E-state index contributed by atoms with van der Waals surface area (Å²) in [5.74, 6) is -1.23. The van der Waals surface area contributed by atoms with Gasteiger partial charge in [-0.3, -0.25) is 9.59 Å². The first-order chi connectivity index (χ1) is 9.88. The molecule has 1 aromatic heterocycles. The predicted molar refractivity (Wildman–Crippen MR) is 85.8 cm³/mol. The molecular weight excluding hydrogens is 388 g/mol. The molecule has 0 atom stereocenters. The maximum atomic E-state index is 13.7. The van der Waals surface area contributed by atoms with Gasteiger partial charge < -0.3 is 16.0 Å². The Morgan fingerprint density at radius 2 is 2.10 bits per heavy atom. The fourth-order valence-corrected chi connectivity index (χ4v) is 2.32. The minimum absolute atomic E-state index is 0.156. The van der Waals surface area contributed by atoms with E-state index in [1.54, 1.807) is 12.1 Å². The standard InChI is InChI=1S/C14H13FIN3O2/c1-7(20)12-5-9(14(17)21)13(19-12)6-18-11-3-2-8(16)4-10(11)15/h2-5,18-19H,6H2,1H3,(H2,17,21). The molecule has 0 unspecified atom stereocenters. The van der Waals surface area contributed by atoms with E-state index < -0.39 is 5.91 Å². The summed E-state index contributed by atoms with van der Waals surface area (Å²) in [5.41, 5.74) is 6.55. The third-order valence-electron chi connectivity index (χ3n) is 2.93. The van der Waals surface area contributed by atoms with E-state index in [4.69, 9.17) is 5.73 Å². The zero-order valence-corrected chi connectivity index (χ0v) is 13.3. The van der Waals surface area contributed by atoms with Crippen LogP contribution in [0.4, 0.5) is 10.1 Å². The van der Waals surface area contributed by atoms with E-state index in [0.717, 1.165) is 3.57 Å². The Balaban J connectivity index is 2.23. The second-order valence-electron chi connectivity index (χ2n) is 4.47. The summed E-state index contributed by atoms with van der Waals surface area (Å²) < 4.78 is 14.5. The number of primary amides is 1. The summed E-state index contributed by atoms with van der Waals surface area (Å²) >= 11 is 2.01. The third kappa shape index (κ3) is 3.60.